The Morgan fingerprint density at radius 1 is 1.06 bits per heavy atom. The van der Waals surface area contributed by atoms with Crippen LogP contribution in [0.15, 0.2) is 58.2 Å². The molecule has 0 saturated heterocycles. The minimum absolute atomic E-state index is 0.145. The van der Waals surface area contributed by atoms with Crippen molar-refractivity contribution in [3.8, 4) is 11.5 Å². The van der Waals surface area contributed by atoms with Gasteiger partial charge in [-0.3, -0.25) is 9.59 Å². The Hall–Kier alpha value is -2.64. The summed E-state index contributed by atoms with van der Waals surface area (Å²) in [4.78, 5) is 25.7. The van der Waals surface area contributed by atoms with Crippen molar-refractivity contribution in [2.24, 2.45) is 5.92 Å². The molecule has 3 atom stereocenters. The molecule has 0 saturated carbocycles. The number of carbonyl (C=O) groups excluding carboxylic acids is 2. The zero-order chi connectivity index (χ0) is 23.6. The molecule has 0 radical (unpaired) electrons. The number of ketones is 2. The molecule has 170 valence electrons. The Morgan fingerprint density at radius 3 is 2.22 bits per heavy atom. The maximum absolute atomic E-state index is 12.9. The number of aliphatic hydroxyl groups is 1. The number of nitrogens with one attached hydrogen (secondary N) is 1. The average Bonchev–Trinajstić information content (AvgIpc) is 2.73. The van der Waals surface area contributed by atoms with Gasteiger partial charge in [0.2, 0.25) is 0 Å². The molecule has 0 bridgehead atoms. The molecule has 0 spiro atoms. The quantitative estimate of drug-likeness (QED) is 0.563. The van der Waals surface area contributed by atoms with E-state index in [-0.39, 0.29) is 18.0 Å². The summed E-state index contributed by atoms with van der Waals surface area (Å²) in [6, 6.07) is 12.9. The largest absolute Gasteiger partial charge is 0.493 e. The Balaban J connectivity index is 2.23. The molecule has 32 heavy (non-hydrogen) atoms. The molecule has 6 nitrogen and oxygen atoms in total. The van der Waals surface area contributed by atoms with Crippen LogP contribution in [-0.2, 0) is 9.59 Å². The lowest BCUT2D eigenvalue weighted by molar-refractivity contribution is -0.131. The number of rotatable bonds is 7. The summed E-state index contributed by atoms with van der Waals surface area (Å²) >= 11 is 3.42. The topological polar surface area (TPSA) is 84.9 Å². The first-order valence-electron chi connectivity index (χ1n) is 10.3. The van der Waals surface area contributed by atoms with Crippen molar-refractivity contribution < 1.29 is 24.2 Å². The van der Waals surface area contributed by atoms with E-state index in [2.05, 4.69) is 21.2 Å². The highest BCUT2D eigenvalue weighted by Crippen LogP contribution is 2.49. The van der Waals surface area contributed by atoms with Gasteiger partial charge in [-0.25, -0.2) is 0 Å². The molecule has 1 aliphatic rings. The summed E-state index contributed by atoms with van der Waals surface area (Å²) in [5, 5.41) is 14.7. The molecular formula is C25H28BrNO5. The van der Waals surface area contributed by atoms with Crippen LogP contribution in [0.1, 0.15) is 38.7 Å². The van der Waals surface area contributed by atoms with E-state index in [0.717, 1.165) is 10.2 Å². The van der Waals surface area contributed by atoms with Crippen LogP contribution in [0.2, 0.25) is 0 Å². The average molecular weight is 502 g/mol. The van der Waals surface area contributed by atoms with Gasteiger partial charge in [-0.05, 0) is 62.7 Å². The number of halogens is 1. The fourth-order valence-electron chi connectivity index (χ4n) is 4.60. The van der Waals surface area contributed by atoms with Gasteiger partial charge in [0.1, 0.15) is 5.78 Å². The van der Waals surface area contributed by atoms with Crippen molar-refractivity contribution in [2.75, 3.05) is 19.5 Å². The third kappa shape index (κ3) is 4.74. The molecule has 2 aromatic carbocycles. The van der Waals surface area contributed by atoms with E-state index >= 15 is 0 Å². The maximum Gasteiger partial charge on any atom is 0.161 e. The summed E-state index contributed by atoms with van der Waals surface area (Å²) < 4.78 is 11.7. The number of anilines is 1. The number of methoxy groups -OCH3 is 2. The van der Waals surface area contributed by atoms with Crippen LogP contribution in [0, 0.1) is 5.92 Å². The molecule has 3 rings (SSSR count). The lowest BCUT2D eigenvalue weighted by Crippen LogP contribution is -2.48. The summed E-state index contributed by atoms with van der Waals surface area (Å²) in [5.41, 5.74) is 1.20. The van der Waals surface area contributed by atoms with Crippen LogP contribution >= 0.6 is 15.9 Å². The second kappa shape index (κ2) is 9.46. The SMILES string of the molecule is COc1ccc([C@@H]2C(C(C)=O)=C(Nc3ccc(Br)cc3)C[C@@](C)(O)[C@@H]2C(C)=O)cc1OC. The zero-order valence-electron chi connectivity index (χ0n) is 18.9. The monoisotopic (exact) mass is 501 g/mol. The molecule has 0 heterocycles. The minimum atomic E-state index is -1.36. The zero-order valence-corrected chi connectivity index (χ0v) is 20.4. The second-order valence-electron chi connectivity index (χ2n) is 8.29. The van der Waals surface area contributed by atoms with Crippen LogP contribution < -0.4 is 14.8 Å². The molecule has 7 heteroatoms. The number of ether oxygens (including phenoxy) is 2. The van der Waals surface area contributed by atoms with E-state index in [1.54, 1.807) is 26.2 Å². The lowest BCUT2D eigenvalue weighted by Gasteiger charge is -2.43. The van der Waals surface area contributed by atoms with Gasteiger partial charge in [0.15, 0.2) is 17.3 Å². The smallest absolute Gasteiger partial charge is 0.161 e. The normalized spacial score (nSPS) is 23.0. The molecule has 1 aliphatic carbocycles. The minimum Gasteiger partial charge on any atom is -0.493 e. The molecular weight excluding hydrogens is 474 g/mol. The fourth-order valence-corrected chi connectivity index (χ4v) is 4.87. The van der Waals surface area contributed by atoms with E-state index in [9.17, 15) is 14.7 Å². The first-order chi connectivity index (χ1) is 15.1. The second-order valence-corrected chi connectivity index (χ2v) is 9.21. The van der Waals surface area contributed by atoms with E-state index in [1.165, 1.54) is 21.0 Å². The van der Waals surface area contributed by atoms with Crippen molar-refractivity contribution in [1.29, 1.82) is 0 Å². The van der Waals surface area contributed by atoms with Crippen molar-refractivity contribution in [2.45, 2.75) is 38.7 Å². The fraction of sp³-hybridized carbons (Fsp3) is 0.360. The third-order valence-corrected chi connectivity index (χ3v) is 6.43. The summed E-state index contributed by atoms with van der Waals surface area (Å²) in [6.45, 7) is 4.59. The van der Waals surface area contributed by atoms with Crippen LogP contribution in [0.5, 0.6) is 11.5 Å². The lowest BCUT2D eigenvalue weighted by atomic mass is 9.64. The Kier molecular flexibility index (Phi) is 7.10. The van der Waals surface area contributed by atoms with Gasteiger partial charge in [0.05, 0.1) is 25.7 Å². The number of hydrogen-bond acceptors (Lipinski definition) is 6. The van der Waals surface area contributed by atoms with Crippen LogP contribution in [-0.4, -0.2) is 36.5 Å². The van der Waals surface area contributed by atoms with Gasteiger partial charge in [-0.2, -0.15) is 0 Å². The first-order valence-corrected chi connectivity index (χ1v) is 11.1. The molecule has 0 aliphatic heterocycles. The van der Waals surface area contributed by atoms with Crippen LogP contribution in [0.4, 0.5) is 5.69 Å². The maximum atomic E-state index is 12.9. The first kappa shape index (κ1) is 24.0. The van der Waals surface area contributed by atoms with Gasteiger partial charge in [0, 0.05) is 33.8 Å². The van der Waals surface area contributed by atoms with E-state index in [0.29, 0.717) is 28.3 Å². The highest BCUT2D eigenvalue weighted by atomic mass is 79.9. The Bertz CT molecular complexity index is 1060. The van der Waals surface area contributed by atoms with Gasteiger partial charge in [0.25, 0.3) is 0 Å². The van der Waals surface area contributed by atoms with E-state index in [1.807, 2.05) is 30.3 Å². The number of Topliss-reactive ketones (excluding diaryl/α,β-unsaturated/α-hetero) is 2. The molecule has 0 amide bonds. The van der Waals surface area contributed by atoms with Crippen LogP contribution in [0.25, 0.3) is 0 Å². The van der Waals surface area contributed by atoms with Gasteiger partial charge in [-0.1, -0.05) is 22.0 Å². The van der Waals surface area contributed by atoms with Crippen molar-refractivity contribution >= 4 is 33.2 Å². The summed E-state index contributed by atoms with van der Waals surface area (Å²) in [6.07, 6.45) is 0.145. The summed E-state index contributed by atoms with van der Waals surface area (Å²) in [7, 11) is 3.08. The van der Waals surface area contributed by atoms with E-state index in [4.69, 9.17) is 9.47 Å². The number of benzene rings is 2. The van der Waals surface area contributed by atoms with Gasteiger partial charge >= 0.3 is 0 Å². The van der Waals surface area contributed by atoms with Gasteiger partial charge in [-0.15, -0.1) is 0 Å². The summed E-state index contributed by atoms with van der Waals surface area (Å²) in [5.74, 6) is -0.758. The predicted molar refractivity (Wildman–Crippen MR) is 127 cm³/mol. The molecule has 2 N–H and O–H groups in total. The molecule has 2 aromatic rings. The molecule has 0 aromatic heterocycles. The van der Waals surface area contributed by atoms with Crippen LogP contribution in [0.3, 0.4) is 0 Å². The highest BCUT2D eigenvalue weighted by Gasteiger charge is 2.49. The van der Waals surface area contributed by atoms with Gasteiger partial charge < -0.3 is 19.9 Å². The number of carbonyl (C=O) groups is 2. The highest BCUT2D eigenvalue weighted by molar-refractivity contribution is 9.10. The molecule has 0 unspecified atom stereocenters. The Labute approximate surface area is 196 Å². The number of hydrogen-bond donors (Lipinski definition) is 2. The standard InChI is InChI=1S/C25H28BrNO5/c1-14(28)22-19(27-18-9-7-17(26)8-10-18)13-25(3,30)24(15(2)29)23(22)16-6-11-20(31-4)21(12-16)32-5/h6-12,23-24,27,30H,13H2,1-5H3/t23-,24-,25-/m1/s1. The van der Waals surface area contributed by atoms with Crippen molar-refractivity contribution in [3.63, 3.8) is 0 Å². The third-order valence-electron chi connectivity index (χ3n) is 5.90. The van der Waals surface area contributed by atoms with E-state index < -0.39 is 17.4 Å². The molecule has 0 fully saturated rings. The predicted octanol–water partition coefficient (Wildman–Crippen LogP) is 4.87. The van der Waals surface area contributed by atoms with Crippen molar-refractivity contribution in [3.05, 3.63) is 63.8 Å². The number of allylic oxidation sites excluding steroid dienone is 1. The Morgan fingerprint density at radius 2 is 1.69 bits per heavy atom. The van der Waals surface area contributed by atoms with Crippen molar-refractivity contribution in [1.82, 2.24) is 0 Å².